The van der Waals surface area contributed by atoms with Crippen molar-refractivity contribution in [1.29, 1.82) is 0 Å². The number of hydrogen-bond acceptors (Lipinski definition) is 1. The lowest BCUT2D eigenvalue weighted by Gasteiger charge is -2.08. The largest absolute Gasteiger partial charge is 0.355 e. The van der Waals surface area contributed by atoms with Crippen molar-refractivity contribution in [3.63, 3.8) is 0 Å². The van der Waals surface area contributed by atoms with Crippen LogP contribution in [-0.4, -0.2) is 12.5 Å². The van der Waals surface area contributed by atoms with Crippen molar-refractivity contribution in [2.75, 3.05) is 6.54 Å². The van der Waals surface area contributed by atoms with Gasteiger partial charge in [-0.3, -0.25) is 4.79 Å². The van der Waals surface area contributed by atoms with Gasteiger partial charge in [-0.25, -0.2) is 13.2 Å². The van der Waals surface area contributed by atoms with E-state index in [0.717, 1.165) is 12.1 Å². The molecule has 1 N–H and O–H groups in total. The Balaban J connectivity index is 2.33. The molecule has 15 heavy (non-hydrogen) atoms. The summed E-state index contributed by atoms with van der Waals surface area (Å²) in [5.41, 5.74) is 0.310. The Morgan fingerprint density at radius 1 is 1.20 bits per heavy atom. The molecule has 0 bridgehead atoms. The fourth-order valence-corrected chi connectivity index (χ4v) is 1.65. The zero-order valence-electron chi connectivity index (χ0n) is 7.69. The fraction of sp³-hybridized carbons (Fsp3) is 0.300. The maximum atomic E-state index is 12.9. The van der Waals surface area contributed by atoms with E-state index >= 15 is 0 Å². The van der Waals surface area contributed by atoms with Crippen LogP contribution >= 0.6 is 0 Å². The third-order valence-corrected chi connectivity index (χ3v) is 2.45. The summed E-state index contributed by atoms with van der Waals surface area (Å²) in [4.78, 5) is 10.9. The molecule has 1 unspecified atom stereocenters. The molecular formula is C10H8F3NO. The van der Waals surface area contributed by atoms with Gasteiger partial charge in [-0.05, 0) is 17.7 Å². The maximum absolute atomic E-state index is 12.9. The number of rotatable bonds is 1. The van der Waals surface area contributed by atoms with Gasteiger partial charge in [0.25, 0.3) is 0 Å². The van der Waals surface area contributed by atoms with Gasteiger partial charge in [-0.15, -0.1) is 0 Å². The Bertz CT molecular complexity index is 396. The molecular weight excluding hydrogens is 207 g/mol. The van der Waals surface area contributed by atoms with Crippen molar-refractivity contribution in [1.82, 2.24) is 5.32 Å². The highest BCUT2D eigenvalue weighted by atomic mass is 19.2. The molecule has 80 valence electrons. The standard InChI is InChI=1S/C10H8F3NO/c11-7-1-5(2-8(12)10(7)13)6-3-9(15)14-4-6/h1-2,6H,3-4H2,(H,14,15). The number of nitrogens with one attached hydrogen (secondary N) is 1. The van der Waals surface area contributed by atoms with Crippen LogP contribution in [0.4, 0.5) is 13.2 Å². The number of amides is 1. The van der Waals surface area contributed by atoms with Crippen LogP contribution in [-0.2, 0) is 4.79 Å². The smallest absolute Gasteiger partial charge is 0.220 e. The van der Waals surface area contributed by atoms with E-state index < -0.39 is 17.5 Å². The van der Waals surface area contributed by atoms with Crippen molar-refractivity contribution in [2.24, 2.45) is 0 Å². The summed E-state index contributed by atoms with van der Waals surface area (Å²) in [7, 11) is 0. The van der Waals surface area contributed by atoms with Gasteiger partial charge in [-0.2, -0.15) is 0 Å². The van der Waals surface area contributed by atoms with E-state index in [2.05, 4.69) is 5.32 Å². The average molecular weight is 215 g/mol. The van der Waals surface area contributed by atoms with E-state index in [1.54, 1.807) is 0 Å². The molecule has 5 heteroatoms. The number of carbonyl (C=O) groups excluding carboxylic acids is 1. The van der Waals surface area contributed by atoms with E-state index in [0.29, 0.717) is 12.1 Å². The highest BCUT2D eigenvalue weighted by Gasteiger charge is 2.25. The molecule has 0 aromatic heterocycles. The summed E-state index contributed by atoms with van der Waals surface area (Å²) in [5.74, 6) is -4.35. The molecule has 2 nitrogen and oxygen atoms in total. The summed E-state index contributed by atoms with van der Waals surface area (Å²) in [6.45, 7) is 0.337. The topological polar surface area (TPSA) is 29.1 Å². The monoisotopic (exact) mass is 215 g/mol. The van der Waals surface area contributed by atoms with Crippen molar-refractivity contribution < 1.29 is 18.0 Å². The molecule has 1 aromatic carbocycles. The first kappa shape index (κ1) is 10.0. The fourth-order valence-electron chi connectivity index (χ4n) is 1.65. The summed E-state index contributed by atoms with van der Waals surface area (Å²) in [5, 5.41) is 2.54. The van der Waals surface area contributed by atoms with Gasteiger partial charge in [0.2, 0.25) is 5.91 Å². The molecule has 0 aliphatic carbocycles. The van der Waals surface area contributed by atoms with Crippen LogP contribution in [0.25, 0.3) is 0 Å². The average Bonchev–Trinajstić information content (AvgIpc) is 2.60. The lowest BCUT2D eigenvalue weighted by molar-refractivity contribution is -0.119. The molecule has 1 aromatic rings. The van der Waals surface area contributed by atoms with Crippen molar-refractivity contribution in [3.05, 3.63) is 35.1 Å². The lowest BCUT2D eigenvalue weighted by atomic mass is 9.98. The second kappa shape index (κ2) is 3.56. The number of hydrogen-bond donors (Lipinski definition) is 1. The summed E-state index contributed by atoms with van der Waals surface area (Å²) in [6.07, 6.45) is 0.185. The van der Waals surface area contributed by atoms with Gasteiger partial charge in [-0.1, -0.05) is 0 Å². The van der Waals surface area contributed by atoms with Gasteiger partial charge < -0.3 is 5.32 Å². The predicted molar refractivity (Wildman–Crippen MR) is 46.7 cm³/mol. The molecule has 1 aliphatic rings. The normalized spacial score (nSPS) is 20.5. The molecule has 0 saturated carbocycles. The highest BCUT2D eigenvalue weighted by molar-refractivity contribution is 5.79. The minimum absolute atomic E-state index is 0.162. The number of halogens is 3. The highest BCUT2D eigenvalue weighted by Crippen LogP contribution is 2.25. The summed E-state index contributed by atoms with van der Waals surface area (Å²) < 4.78 is 38.4. The van der Waals surface area contributed by atoms with Crippen LogP contribution in [0.15, 0.2) is 12.1 Å². The van der Waals surface area contributed by atoms with Crippen LogP contribution in [0.2, 0.25) is 0 Å². The van der Waals surface area contributed by atoms with Crippen LogP contribution in [0.5, 0.6) is 0 Å². The molecule has 1 heterocycles. The van der Waals surface area contributed by atoms with Crippen LogP contribution in [0.1, 0.15) is 17.9 Å². The van der Waals surface area contributed by atoms with E-state index in [4.69, 9.17) is 0 Å². The minimum atomic E-state index is -1.48. The Hall–Kier alpha value is -1.52. The first-order valence-corrected chi connectivity index (χ1v) is 4.49. The first-order chi connectivity index (χ1) is 7.08. The van der Waals surface area contributed by atoms with Crippen molar-refractivity contribution in [2.45, 2.75) is 12.3 Å². The first-order valence-electron chi connectivity index (χ1n) is 4.49. The van der Waals surface area contributed by atoms with Gasteiger partial charge in [0.1, 0.15) is 0 Å². The van der Waals surface area contributed by atoms with E-state index in [1.165, 1.54) is 0 Å². The third-order valence-electron chi connectivity index (χ3n) is 2.45. The maximum Gasteiger partial charge on any atom is 0.220 e. The third kappa shape index (κ3) is 1.82. The Labute approximate surface area is 84.1 Å². The molecule has 0 spiro atoms. The molecule has 1 amide bonds. The molecule has 2 rings (SSSR count). The Morgan fingerprint density at radius 2 is 1.80 bits per heavy atom. The van der Waals surface area contributed by atoms with E-state index in [-0.39, 0.29) is 18.2 Å². The predicted octanol–water partition coefficient (Wildman–Crippen LogP) is 1.71. The van der Waals surface area contributed by atoms with Crippen LogP contribution < -0.4 is 5.32 Å². The van der Waals surface area contributed by atoms with Gasteiger partial charge in [0, 0.05) is 18.9 Å². The zero-order chi connectivity index (χ0) is 11.0. The van der Waals surface area contributed by atoms with E-state index in [9.17, 15) is 18.0 Å². The number of benzene rings is 1. The molecule has 1 saturated heterocycles. The minimum Gasteiger partial charge on any atom is -0.355 e. The second-order valence-electron chi connectivity index (χ2n) is 3.50. The van der Waals surface area contributed by atoms with Crippen LogP contribution in [0.3, 0.4) is 0 Å². The SMILES string of the molecule is O=C1CC(c2cc(F)c(F)c(F)c2)CN1. The van der Waals surface area contributed by atoms with Gasteiger partial charge in [0.15, 0.2) is 17.5 Å². The lowest BCUT2D eigenvalue weighted by Crippen LogP contribution is -2.13. The van der Waals surface area contributed by atoms with Gasteiger partial charge in [0.05, 0.1) is 0 Å². The van der Waals surface area contributed by atoms with Crippen molar-refractivity contribution in [3.8, 4) is 0 Å². The second-order valence-corrected chi connectivity index (χ2v) is 3.50. The molecule has 1 atom stereocenters. The zero-order valence-corrected chi connectivity index (χ0v) is 7.69. The summed E-state index contributed by atoms with van der Waals surface area (Å²) >= 11 is 0. The van der Waals surface area contributed by atoms with E-state index in [1.807, 2.05) is 0 Å². The quantitative estimate of drug-likeness (QED) is 0.710. The molecule has 1 fully saturated rings. The Morgan fingerprint density at radius 3 is 2.27 bits per heavy atom. The number of carbonyl (C=O) groups is 1. The van der Waals surface area contributed by atoms with Crippen LogP contribution in [0, 0.1) is 17.5 Å². The molecule has 1 aliphatic heterocycles. The summed E-state index contributed by atoms with van der Waals surface area (Å²) in [6, 6.07) is 1.87. The van der Waals surface area contributed by atoms with Gasteiger partial charge >= 0.3 is 0 Å². The molecule has 0 radical (unpaired) electrons. The Kier molecular flexibility index (Phi) is 2.38. The van der Waals surface area contributed by atoms with Crippen molar-refractivity contribution >= 4 is 5.91 Å².